The van der Waals surface area contributed by atoms with Crippen molar-refractivity contribution >= 4 is 0 Å². The molecule has 0 amide bonds. The number of hydrogen-bond donors (Lipinski definition) is 2. The average molecular weight is 166 g/mol. The number of aromatic hydroxyl groups is 1. The molecule has 0 radical (unpaired) electrons. The molecule has 0 saturated carbocycles. The van der Waals surface area contributed by atoms with Crippen molar-refractivity contribution in [3.8, 4) is 5.75 Å². The molecule has 1 aromatic rings. The van der Waals surface area contributed by atoms with Crippen LogP contribution in [-0.4, -0.2) is 16.8 Å². The zero-order chi connectivity index (χ0) is 8.97. The third-order valence-corrected chi connectivity index (χ3v) is 1.97. The Hall–Kier alpha value is -1.02. The van der Waals surface area contributed by atoms with Crippen LogP contribution in [0.2, 0.25) is 0 Å². The Labute approximate surface area is 72.5 Å². The standard InChI is InChI=1S/C10H14O2/c1-8-4-2-6-10(12)9(8)5-3-7-11/h2,4,6,11-12H,3,5,7H2,1H3. The molecule has 2 heteroatoms. The summed E-state index contributed by atoms with van der Waals surface area (Å²) in [7, 11) is 0. The summed E-state index contributed by atoms with van der Waals surface area (Å²) in [5, 5.41) is 18.1. The van der Waals surface area contributed by atoms with Crippen molar-refractivity contribution in [2.45, 2.75) is 19.8 Å². The molecular formula is C10H14O2. The zero-order valence-electron chi connectivity index (χ0n) is 7.25. The summed E-state index contributed by atoms with van der Waals surface area (Å²) in [6, 6.07) is 5.47. The first-order valence-electron chi connectivity index (χ1n) is 4.14. The SMILES string of the molecule is Cc1cccc(O)c1CCCO. The molecule has 0 fully saturated rings. The van der Waals surface area contributed by atoms with Crippen LogP contribution in [0.5, 0.6) is 5.75 Å². The lowest BCUT2D eigenvalue weighted by atomic mass is 10.0. The zero-order valence-corrected chi connectivity index (χ0v) is 7.25. The minimum absolute atomic E-state index is 0.174. The molecule has 0 aromatic heterocycles. The van der Waals surface area contributed by atoms with Crippen molar-refractivity contribution in [1.29, 1.82) is 0 Å². The number of aliphatic hydroxyl groups excluding tert-OH is 1. The largest absolute Gasteiger partial charge is 0.508 e. The highest BCUT2D eigenvalue weighted by molar-refractivity contribution is 5.38. The van der Waals surface area contributed by atoms with E-state index in [-0.39, 0.29) is 6.61 Å². The van der Waals surface area contributed by atoms with Gasteiger partial charge in [0.15, 0.2) is 0 Å². The molecule has 66 valence electrons. The van der Waals surface area contributed by atoms with Gasteiger partial charge in [-0.2, -0.15) is 0 Å². The summed E-state index contributed by atoms with van der Waals surface area (Å²) in [5.41, 5.74) is 2.04. The maximum absolute atomic E-state index is 9.44. The Morgan fingerprint density at radius 2 is 2.08 bits per heavy atom. The number of aryl methyl sites for hydroxylation is 1. The highest BCUT2D eigenvalue weighted by Crippen LogP contribution is 2.21. The topological polar surface area (TPSA) is 40.5 Å². The van der Waals surface area contributed by atoms with Crippen LogP contribution in [0.1, 0.15) is 17.5 Å². The van der Waals surface area contributed by atoms with Crippen molar-refractivity contribution in [3.05, 3.63) is 29.3 Å². The van der Waals surface area contributed by atoms with Gasteiger partial charge in [0.05, 0.1) is 0 Å². The number of phenols is 1. The van der Waals surface area contributed by atoms with Gasteiger partial charge < -0.3 is 10.2 Å². The molecule has 0 aliphatic rings. The summed E-state index contributed by atoms with van der Waals surface area (Å²) in [4.78, 5) is 0. The molecule has 2 N–H and O–H groups in total. The molecule has 2 nitrogen and oxygen atoms in total. The minimum atomic E-state index is 0.174. The van der Waals surface area contributed by atoms with Gasteiger partial charge in [-0.1, -0.05) is 12.1 Å². The van der Waals surface area contributed by atoms with Gasteiger partial charge >= 0.3 is 0 Å². The fourth-order valence-electron chi connectivity index (χ4n) is 1.27. The van der Waals surface area contributed by atoms with Crippen molar-refractivity contribution in [1.82, 2.24) is 0 Å². The second-order valence-corrected chi connectivity index (χ2v) is 2.90. The Kier molecular flexibility index (Phi) is 3.11. The number of aliphatic hydroxyl groups is 1. The fraction of sp³-hybridized carbons (Fsp3) is 0.400. The summed E-state index contributed by atoms with van der Waals surface area (Å²) < 4.78 is 0. The van der Waals surface area contributed by atoms with E-state index in [9.17, 15) is 5.11 Å². The number of benzene rings is 1. The normalized spacial score (nSPS) is 10.2. The molecule has 0 unspecified atom stereocenters. The Bertz CT molecular complexity index is 236. The molecule has 0 saturated heterocycles. The van der Waals surface area contributed by atoms with E-state index < -0.39 is 0 Å². The lowest BCUT2D eigenvalue weighted by molar-refractivity contribution is 0.288. The predicted molar refractivity (Wildman–Crippen MR) is 48.3 cm³/mol. The molecular weight excluding hydrogens is 152 g/mol. The van der Waals surface area contributed by atoms with Gasteiger partial charge in [-0.25, -0.2) is 0 Å². The smallest absolute Gasteiger partial charge is 0.119 e. The van der Waals surface area contributed by atoms with Crippen LogP contribution in [0.4, 0.5) is 0 Å². The molecule has 0 heterocycles. The van der Waals surface area contributed by atoms with E-state index in [1.807, 2.05) is 19.1 Å². The van der Waals surface area contributed by atoms with Crippen LogP contribution in [0.3, 0.4) is 0 Å². The third kappa shape index (κ3) is 1.98. The van der Waals surface area contributed by atoms with Crippen LogP contribution < -0.4 is 0 Å². The molecule has 0 aliphatic carbocycles. The highest BCUT2D eigenvalue weighted by Gasteiger charge is 2.02. The number of rotatable bonds is 3. The molecule has 12 heavy (non-hydrogen) atoms. The van der Waals surface area contributed by atoms with Crippen molar-refractivity contribution in [2.24, 2.45) is 0 Å². The van der Waals surface area contributed by atoms with E-state index in [4.69, 9.17) is 5.11 Å². The summed E-state index contributed by atoms with van der Waals surface area (Å²) >= 11 is 0. The second kappa shape index (κ2) is 4.12. The van der Waals surface area contributed by atoms with Gasteiger partial charge in [0, 0.05) is 6.61 Å². The Morgan fingerprint density at radius 3 is 2.67 bits per heavy atom. The van der Waals surface area contributed by atoms with E-state index in [1.165, 1.54) is 0 Å². The minimum Gasteiger partial charge on any atom is -0.508 e. The first kappa shape index (κ1) is 9.07. The fourth-order valence-corrected chi connectivity index (χ4v) is 1.27. The van der Waals surface area contributed by atoms with Crippen LogP contribution >= 0.6 is 0 Å². The third-order valence-electron chi connectivity index (χ3n) is 1.97. The summed E-state index contributed by atoms with van der Waals surface area (Å²) in [6.45, 7) is 2.14. The lowest BCUT2D eigenvalue weighted by Crippen LogP contribution is -1.92. The Morgan fingerprint density at radius 1 is 1.33 bits per heavy atom. The van der Waals surface area contributed by atoms with Crippen molar-refractivity contribution < 1.29 is 10.2 Å². The van der Waals surface area contributed by atoms with E-state index in [2.05, 4.69) is 0 Å². The van der Waals surface area contributed by atoms with Gasteiger partial charge in [-0.3, -0.25) is 0 Å². The van der Waals surface area contributed by atoms with Gasteiger partial charge in [-0.15, -0.1) is 0 Å². The van der Waals surface area contributed by atoms with E-state index in [0.29, 0.717) is 12.2 Å². The van der Waals surface area contributed by atoms with Crippen LogP contribution in [0, 0.1) is 6.92 Å². The van der Waals surface area contributed by atoms with Gasteiger partial charge in [0.2, 0.25) is 0 Å². The van der Waals surface area contributed by atoms with Crippen LogP contribution in [-0.2, 0) is 6.42 Å². The highest BCUT2D eigenvalue weighted by atomic mass is 16.3. The Balaban J connectivity index is 2.81. The van der Waals surface area contributed by atoms with Crippen LogP contribution in [0.15, 0.2) is 18.2 Å². The quantitative estimate of drug-likeness (QED) is 0.716. The molecule has 0 bridgehead atoms. The van der Waals surface area contributed by atoms with Gasteiger partial charge in [0.25, 0.3) is 0 Å². The predicted octanol–water partition coefficient (Wildman–Crippen LogP) is 1.63. The van der Waals surface area contributed by atoms with E-state index in [0.717, 1.165) is 17.5 Å². The van der Waals surface area contributed by atoms with Crippen LogP contribution in [0.25, 0.3) is 0 Å². The lowest BCUT2D eigenvalue weighted by Gasteiger charge is -2.06. The first-order valence-corrected chi connectivity index (χ1v) is 4.14. The average Bonchev–Trinajstić information content (AvgIpc) is 2.04. The summed E-state index contributed by atoms with van der Waals surface area (Å²) in [5.74, 6) is 0.337. The molecule has 1 aromatic carbocycles. The molecule has 0 spiro atoms. The molecule has 0 aliphatic heterocycles. The maximum Gasteiger partial charge on any atom is 0.119 e. The number of phenolic OH excluding ortho intramolecular Hbond substituents is 1. The monoisotopic (exact) mass is 166 g/mol. The van der Waals surface area contributed by atoms with Gasteiger partial charge in [0.1, 0.15) is 5.75 Å². The second-order valence-electron chi connectivity index (χ2n) is 2.90. The van der Waals surface area contributed by atoms with E-state index in [1.54, 1.807) is 6.07 Å². The van der Waals surface area contributed by atoms with Gasteiger partial charge in [-0.05, 0) is 37.0 Å². The summed E-state index contributed by atoms with van der Waals surface area (Å²) in [6.07, 6.45) is 1.45. The molecule has 1 rings (SSSR count). The first-order chi connectivity index (χ1) is 5.75. The number of hydrogen-bond acceptors (Lipinski definition) is 2. The van der Waals surface area contributed by atoms with Crippen molar-refractivity contribution in [2.75, 3.05) is 6.61 Å². The maximum atomic E-state index is 9.44. The molecule has 0 atom stereocenters. The van der Waals surface area contributed by atoms with E-state index >= 15 is 0 Å². The van der Waals surface area contributed by atoms with Crippen molar-refractivity contribution in [3.63, 3.8) is 0 Å².